The number of hydrogen-bond donors (Lipinski definition) is 2. The van der Waals surface area contributed by atoms with E-state index in [9.17, 15) is 9.59 Å². The summed E-state index contributed by atoms with van der Waals surface area (Å²) >= 11 is 1.60. The Morgan fingerprint density at radius 2 is 2.21 bits per heavy atom. The van der Waals surface area contributed by atoms with Crippen molar-refractivity contribution in [2.45, 2.75) is 39.3 Å². The second-order valence-corrected chi connectivity index (χ2v) is 5.28. The van der Waals surface area contributed by atoms with Crippen LogP contribution in [0.3, 0.4) is 0 Å². The molecule has 2 N–H and O–H groups in total. The molecule has 19 heavy (non-hydrogen) atoms. The van der Waals surface area contributed by atoms with Gasteiger partial charge in [0.1, 0.15) is 0 Å². The van der Waals surface area contributed by atoms with Crippen LogP contribution >= 0.6 is 11.3 Å². The summed E-state index contributed by atoms with van der Waals surface area (Å²) in [6.07, 6.45) is 0.563. The van der Waals surface area contributed by atoms with Crippen LogP contribution in [0.2, 0.25) is 0 Å². The highest BCUT2D eigenvalue weighted by Crippen LogP contribution is 2.12. The number of nitrogens with one attached hydrogen (secondary N) is 1. The van der Waals surface area contributed by atoms with Gasteiger partial charge in [0.15, 0.2) is 0 Å². The molecule has 0 spiro atoms. The first-order chi connectivity index (χ1) is 9.06. The third-order valence-corrected chi connectivity index (χ3v) is 3.70. The van der Waals surface area contributed by atoms with Crippen molar-refractivity contribution in [2.75, 3.05) is 6.54 Å². The van der Waals surface area contributed by atoms with Gasteiger partial charge in [0.05, 0.1) is 13.0 Å². The lowest BCUT2D eigenvalue weighted by molar-refractivity contribution is -0.137. The molecule has 1 unspecified atom stereocenters. The predicted octanol–water partition coefficient (Wildman–Crippen LogP) is 2.53. The Bertz CT molecular complexity index is 406. The van der Waals surface area contributed by atoms with E-state index < -0.39 is 5.97 Å². The number of carboxylic acids is 1. The molecule has 1 heterocycles. The molecule has 106 valence electrons. The van der Waals surface area contributed by atoms with Crippen LogP contribution in [0.15, 0.2) is 17.5 Å². The minimum absolute atomic E-state index is 0.0429. The summed E-state index contributed by atoms with van der Waals surface area (Å²) in [6.45, 7) is 4.92. The number of carbonyl (C=O) groups is 2. The summed E-state index contributed by atoms with van der Waals surface area (Å²) in [5, 5.41) is 13.5. The van der Waals surface area contributed by atoms with E-state index in [1.165, 1.54) is 0 Å². The van der Waals surface area contributed by atoms with Crippen LogP contribution in [0, 0.1) is 0 Å². The van der Waals surface area contributed by atoms with Gasteiger partial charge in [-0.3, -0.25) is 4.79 Å². The van der Waals surface area contributed by atoms with Gasteiger partial charge in [0.25, 0.3) is 0 Å². The monoisotopic (exact) mass is 284 g/mol. The van der Waals surface area contributed by atoms with Crippen LogP contribution in [-0.2, 0) is 11.3 Å². The lowest BCUT2D eigenvalue weighted by atomic mass is 10.1. The SMILES string of the molecule is CCC(CC(=O)O)NC(=O)N(CC)Cc1cccs1. The fraction of sp³-hybridized carbons (Fsp3) is 0.538. The van der Waals surface area contributed by atoms with Gasteiger partial charge in [0, 0.05) is 17.5 Å². The first kappa shape index (κ1) is 15.5. The van der Waals surface area contributed by atoms with Crippen molar-refractivity contribution in [1.82, 2.24) is 10.2 Å². The normalized spacial score (nSPS) is 11.9. The minimum Gasteiger partial charge on any atom is -0.481 e. The van der Waals surface area contributed by atoms with Crippen LogP contribution in [0.5, 0.6) is 0 Å². The molecule has 0 saturated carbocycles. The maximum absolute atomic E-state index is 12.1. The third-order valence-electron chi connectivity index (χ3n) is 2.84. The largest absolute Gasteiger partial charge is 0.481 e. The highest BCUT2D eigenvalue weighted by molar-refractivity contribution is 7.09. The molecule has 0 aromatic carbocycles. The zero-order valence-electron chi connectivity index (χ0n) is 11.3. The Morgan fingerprint density at radius 3 is 2.68 bits per heavy atom. The molecule has 0 aliphatic carbocycles. The summed E-state index contributed by atoms with van der Waals surface area (Å²) in [4.78, 5) is 25.6. The third kappa shape index (κ3) is 5.30. The van der Waals surface area contributed by atoms with Gasteiger partial charge in [-0.2, -0.15) is 0 Å². The van der Waals surface area contributed by atoms with Crippen LogP contribution in [-0.4, -0.2) is 34.6 Å². The number of aliphatic carboxylic acids is 1. The van der Waals surface area contributed by atoms with E-state index in [0.29, 0.717) is 19.5 Å². The van der Waals surface area contributed by atoms with E-state index in [0.717, 1.165) is 4.88 Å². The minimum atomic E-state index is -0.895. The van der Waals surface area contributed by atoms with Crippen molar-refractivity contribution in [1.29, 1.82) is 0 Å². The Kier molecular flexibility index (Phi) is 6.35. The van der Waals surface area contributed by atoms with Crippen molar-refractivity contribution in [2.24, 2.45) is 0 Å². The Hall–Kier alpha value is -1.56. The molecule has 1 aromatic rings. The van der Waals surface area contributed by atoms with Gasteiger partial charge in [-0.05, 0) is 24.8 Å². The number of nitrogens with zero attached hydrogens (tertiary/aromatic N) is 1. The van der Waals surface area contributed by atoms with Gasteiger partial charge < -0.3 is 15.3 Å². The Morgan fingerprint density at radius 1 is 1.47 bits per heavy atom. The van der Waals surface area contributed by atoms with Gasteiger partial charge in [-0.1, -0.05) is 13.0 Å². The Labute approximate surface area is 117 Å². The molecule has 2 amide bonds. The van der Waals surface area contributed by atoms with E-state index in [-0.39, 0.29) is 18.5 Å². The van der Waals surface area contributed by atoms with Gasteiger partial charge in [-0.15, -0.1) is 11.3 Å². The molecule has 0 aliphatic rings. The quantitative estimate of drug-likeness (QED) is 0.808. The molecule has 6 heteroatoms. The van der Waals surface area contributed by atoms with Crippen LogP contribution in [0.4, 0.5) is 4.79 Å². The number of urea groups is 1. The highest BCUT2D eigenvalue weighted by atomic mass is 32.1. The molecule has 0 aliphatic heterocycles. The summed E-state index contributed by atoms with van der Waals surface area (Å²) < 4.78 is 0. The molecule has 1 rings (SSSR count). The van der Waals surface area contributed by atoms with E-state index in [4.69, 9.17) is 5.11 Å². The van der Waals surface area contributed by atoms with Crippen LogP contribution in [0.25, 0.3) is 0 Å². The van der Waals surface area contributed by atoms with E-state index >= 15 is 0 Å². The first-order valence-electron chi connectivity index (χ1n) is 6.36. The van der Waals surface area contributed by atoms with Gasteiger partial charge >= 0.3 is 12.0 Å². The maximum atomic E-state index is 12.1. The van der Waals surface area contributed by atoms with Crippen molar-refractivity contribution < 1.29 is 14.7 Å². The lowest BCUT2D eigenvalue weighted by Crippen LogP contribution is -2.44. The van der Waals surface area contributed by atoms with E-state index in [2.05, 4.69) is 5.32 Å². The Balaban J connectivity index is 2.55. The average Bonchev–Trinajstić information content (AvgIpc) is 2.87. The molecular weight excluding hydrogens is 264 g/mol. The molecule has 0 radical (unpaired) electrons. The number of thiophene rings is 1. The molecule has 1 aromatic heterocycles. The molecular formula is C13H20N2O3S. The van der Waals surface area contributed by atoms with E-state index in [1.807, 2.05) is 31.4 Å². The molecule has 0 bridgehead atoms. The topological polar surface area (TPSA) is 69.6 Å². The van der Waals surface area contributed by atoms with Crippen molar-refractivity contribution in [3.63, 3.8) is 0 Å². The second kappa shape index (κ2) is 7.78. The summed E-state index contributed by atoms with van der Waals surface area (Å²) in [6, 6.07) is 3.41. The van der Waals surface area contributed by atoms with Gasteiger partial charge in [0.2, 0.25) is 0 Å². The standard InChI is InChI=1S/C13H20N2O3S/c1-3-10(8-12(16)17)14-13(18)15(4-2)9-11-6-5-7-19-11/h5-7,10H,3-4,8-9H2,1-2H3,(H,14,18)(H,16,17). The summed E-state index contributed by atoms with van der Waals surface area (Å²) in [5.74, 6) is -0.895. The lowest BCUT2D eigenvalue weighted by Gasteiger charge is -2.24. The van der Waals surface area contributed by atoms with E-state index in [1.54, 1.807) is 16.2 Å². The van der Waals surface area contributed by atoms with Crippen molar-refractivity contribution in [3.8, 4) is 0 Å². The summed E-state index contributed by atoms with van der Waals surface area (Å²) in [5.41, 5.74) is 0. The predicted molar refractivity (Wildman–Crippen MR) is 75.3 cm³/mol. The zero-order chi connectivity index (χ0) is 14.3. The fourth-order valence-electron chi connectivity index (χ4n) is 1.69. The van der Waals surface area contributed by atoms with Gasteiger partial charge in [-0.25, -0.2) is 4.79 Å². The number of carbonyl (C=O) groups excluding carboxylic acids is 1. The molecule has 1 atom stereocenters. The van der Waals surface area contributed by atoms with Crippen LogP contribution in [0.1, 0.15) is 31.6 Å². The zero-order valence-corrected chi connectivity index (χ0v) is 12.1. The first-order valence-corrected chi connectivity index (χ1v) is 7.24. The summed E-state index contributed by atoms with van der Waals surface area (Å²) in [7, 11) is 0. The smallest absolute Gasteiger partial charge is 0.317 e. The van der Waals surface area contributed by atoms with Crippen molar-refractivity contribution in [3.05, 3.63) is 22.4 Å². The average molecular weight is 284 g/mol. The molecule has 5 nitrogen and oxygen atoms in total. The molecule has 0 fully saturated rings. The number of amides is 2. The number of hydrogen-bond acceptors (Lipinski definition) is 3. The highest BCUT2D eigenvalue weighted by Gasteiger charge is 2.18. The molecule has 0 saturated heterocycles. The maximum Gasteiger partial charge on any atom is 0.317 e. The second-order valence-electron chi connectivity index (χ2n) is 4.25. The number of carboxylic acid groups (broad SMARTS) is 1. The van der Waals surface area contributed by atoms with Crippen molar-refractivity contribution >= 4 is 23.3 Å². The van der Waals surface area contributed by atoms with Crippen LogP contribution < -0.4 is 5.32 Å². The fourth-order valence-corrected chi connectivity index (χ4v) is 2.41. The number of rotatable bonds is 7.